The van der Waals surface area contributed by atoms with Crippen LogP contribution in [-0.2, 0) is 9.59 Å². The first-order valence-electron chi connectivity index (χ1n) is 11.5. The van der Waals surface area contributed by atoms with Crippen molar-refractivity contribution in [2.75, 3.05) is 7.05 Å². The Labute approximate surface area is 165 Å². The second-order valence-corrected chi connectivity index (χ2v) is 11.2. The highest BCUT2D eigenvalue weighted by Crippen LogP contribution is 2.66. The molecule has 4 rings (SSSR count). The van der Waals surface area contributed by atoms with Gasteiger partial charge in [0, 0.05) is 31.8 Å². The van der Waals surface area contributed by atoms with Crippen LogP contribution < -0.4 is 0 Å². The lowest BCUT2D eigenvalue weighted by atomic mass is 9.46. The predicted molar refractivity (Wildman–Crippen MR) is 108 cm³/mol. The minimum Gasteiger partial charge on any atom is -0.342 e. The largest absolute Gasteiger partial charge is 0.342 e. The van der Waals surface area contributed by atoms with Crippen molar-refractivity contribution in [1.82, 2.24) is 4.90 Å². The van der Waals surface area contributed by atoms with Gasteiger partial charge >= 0.3 is 0 Å². The number of hydrogen-bond acceptors (Lipinski definition) is 2. The highest BCUT2D eigenvalue weighted by molar-refractivity contribution is 5.82. The molecule has 1 amide bonds. The van der Waals surface area contributed by atoms with E-state index in [9.17, 15) is 9.59 Å². The lowest BCUT2D eigenvalue weighted by Gasteiger charge is -2.61. The maximum atomic E-state index is 13.0. The molecule has 0 aromatic heterocycles. The van der Waals surface area contributed by atoms with Crippen molar-refractivity contribution in [2.24, 2.45) is 40.4 Å². The summed E-state index contributed by atoms with van der Waals surface area (Å²) in [6, 6.07) is 0.434. The molecule has 1 heterocycles. The number of likely N-dealkylation sites (tertiary alicyclic amines) is 1. The van der Waals surface area contributed by atoms with Gasteiger partial charge in [0.1, 0.15) is 5.78 Å². The van der Waals surface area contributed by atoms with E-state index in [2.05, 4.69) is 32.6 Å². The molecule has 7 unspecified atom stereocenters. The fraction of sp³-hybridized carbons (Fsp3) is 0.917. The Morgan fingerprint density at radius 1 is 1.04 bits per heavy atom. The molecule has 0 N–H and O–H groups in total. The Morgan fingerprint density at radius 2 is 1.74 bits per heavy atom. The first-order valence-corrected chi connectivity index (χ1v) is 11.5. The van der Waals surface area contributed by atoms with E-state index in [0.29, 0.717) is 29.6 Å². The molecule has 4 aliphatic rings. The van der Waals surface area contributed by atoms with Crippen molar-refractivity contribution in [3.63, 3.8) is 0 Å². The molecule has 3 aliphatic carbocycles. The first-order chi connectivity index (χ1) is 12.7. The van der Waals surface area contributed by atoms with Crippen molar-refractivity contribution in [1.29, 1.82) is 0 Å². The smallest absolute Gasteiger partial charge is 0.222 e. The third kappa shape index (κ3) is 2.82. The lowest BCUT2D eigenvalue weighted by molar-refractivity contribution is -0.159. The van der Waals surface area contributed by atoms with Crippen molar-refractivity contribution in [2.45, 2.75) is 91.5 Å². The van der Waals surface area contributed by atoms with Crippen LogP contribution in [0.3, 0.4) is 0 Å². The average Bonchev–Trinajstić information content (AvgIpc) is 2.95. The minimum atomic E-state index is 0.229. The van der Waals surface area contributed by atoms with E-state index >= 15 is 0 Å². The number of amides is 1. The SMILES string of the molecule is CC(C)CC(=O)C1CCC2C3CCC4N(C)C(=O)CCC4(C)C3CCC12C. The number of hydrogen-bond donors (Lipinski definition) is 0. The van der Waals surface area contributed by atoms with Gasteiger partial charge in [0.15, 0.2) is 0 Å². The molecular formula is C24H39NO2. The monoisotopic (exact) mass is 373 g/mol. The summed E-state index contributed by atoms with van der Waals surface area (Å²) in [5.74, 6) is 3.88. The second kappa shape index (κ2) is 6.59. The van der Waals surface area contributed by atoms with Crippen molar-refractivity contribution >= 4 is 11.7 Å². The quantitative estimate of drug-likeness (QED) is 0.692. The van der Waals surface area contributed by atoms with E-state index in [1.807, 2.05) is 7.05 Å². The van der Waals surface area contributed by atoms with Crippen LogP contribution in [0, 0.1) is 40.4 Å². The number of ketones is 1. The molecule has 4 fully saturated rings. The summed E-state index contributed by atoms with van der Waals surface area (Å²) in [7, 11) is 2.04. The summed E-state index contributed by atoms with van der Waals surface area (Å²) in [6.45, 7) is 9.28. The van der Waals surface area contributed by atoms with Crippen LogP contribution in [0.1, 0.15) is 85.5 Å². The maximum Gasteiger partial charge on any atom is 0.222 e. The van der Waals surface area contributed by atoms with E-state index in [4.69, 9.17) is 0 Å². The summed E-state index contributed by atoms with van der Waals surface area (Å²) < 4.78 is 0. The summed E-state index contributed by atoms with van der Waals surface area (Å²) in [4.78, 5) is 27.4. The zero-order valence-corrected chi connectivity index (χ0v) is 18.1. The standard InChI is InChI=1S/C24H39NO2/c1-15(2)14-20(26)19-8-7-17-16-6-9-21-24(4,13-11-22(27)25(21)5)18(16)10-12-23(17,19)3/h15-19,21H,6-14H2,1-5H3. The highest BCUT2D eigenvalue weighted by Gasteiger charge is 2.61. The van der Waals surface area contributed by atoms with Gasteiger partial charge in [0.2, 0.25) is 5.91 Å². The Kier molecular flexibility index (Phi) is 4.75. The van der Waals surface area contributed by atoms with Crippen LogP contribution in [0.25, 0.3) is 0 Å². The molecule has 0 radical (unpaired) electrons. The zero-order chi connectivity index (χ0) is 19.6. The van der Waals surface area contributed by atoms with Crippen LogP contribution in [0.2, 0.25) is 0 Å². The van der Waals surface area contributed by atoms with Gasteiger partial charge in [0.25, 0.3) is 0 Å². The molecule has 152 valence electrons. The number of Topliss-reactive ketones (excluding diaryl/α,β-unsaturated/α-hetero) is 1. The fourth-order valence-corrected chi connectivity index (χ4v) is 8.22. The molecule has 7 atom stereocenters. The summed E-state index contributed by atoms with van der Waals surface area (Å²) >= 11 is 0. The molecule has 0 aromatic carbocycles. The normalized spacial score (nSPS) is 46.8. The van der Waals surface area contributed by atoms with Gasteiger partial charge in [-0.3, -0.25) is 9.59 Å². The van der Waals surface area contributed by atoms with Gasteiger partial charge in [-0.05, 0) is 79.4 Å². The fourth-order valence-electron chi connectivity index (χ4n) is 8.22. The molecule has 3 saturated carbocycles. The molecule has 0 spiro atoms. The summed E-state index contributed by atoms with van der Waals surface area (Å²) in [5, 5.41) is 0. The van der Waals surface area contributed by atoms with E-state index in [0.717, 1.165) is 49.9 Å². The van der Waals surface area contributed by atoms with Crippen LogP contribution in [-0.4, -0.2) is 29.7 Å². The van der Waals surface area contributed by atoms with Gasteiger partial charge in [-0.25, -0.2) is 0 Å². The average molecular weight is 374 g/mol. The number of fused-ring (bicyclic) bond motifs is 5. The highest BCUT2D eigenvalue weighted by atomic mass is 16.2. The second-order valence-electron chi connectivity index (χ2n) is 11.2. The van der Waals surface area contributed by atoms with Crippen molar-refractivity contribution in [3.05, 3.63) is 0 Å². The van der Waals surface area contributed by atoms with Gasteiger partial charge in [-0.1, -0.05) is 27.7 Å². The summed E-state index contributed by atoms with van der Waals surface area (Å²) in [5.41, 5.74) is 0.514. The van der Waals surface area contributed by atoms with Crippen LogP contribution >= 0.6 is 0 Å². The third-order valence-corrected chi connectivity index (χ3v) is 9.56. The Bertz CT molecular complexity index is 628. The van der Waals surface area contributed by atoms with Crippen molar-refractivity contribution in [3.8, 4) is 0 Å². The van der Waals surface area contributed by atoms with Crippen molar-refractivity contribution < 1.29 is 9.59 Å². The van der Waals surface area contributed by atoms with Crippen LogP contribution in [0.5, 0.6) is 0 Å². The van der Waals surface area contributed by atoms with Gasteiger partial charge in [-0.2, -0.15) is 0 Å². The Hall–Kier alpha value is -0.860. The summed E-state index contributed by atoms with van der Waals surface area (Å²) in [6.07, 6.45) is 9.83. The molecular weight excluding hydrogens is 334 g/mol. The van der Waals surface area contributed by atoms with E-state index in [1.165, 1.54) is 25.7 Å². The number of piperidine rings is 1. The first kappa shape index (κ1) is 19.5. The van der Waals surface area contributed by atoms with Gasteiger partial charge < -0.3 is 4.90 Å². The molecule has 3 heteroatoms. The zero-order valence-electron chi connectivity index (χ0n) is 18.1. The predicted octanol–water partition coefficient (Wildman–Crippen LogP) is 5.08. The Morgan fingerprint density at radius 3 is 2.44 bits per heavy atom. The van der Waals surface area contributed by atoms with E-state index in [1.54, 1.807) is 0 Å². The van der Waals surface area contributed by atoms with Gasteiger partial charge in [0.05, 0.1) is 0 Å². The van der Waals surface area contributed by atoms with Gasteiger partial charge in [-0.15, -0.1) is 0 Å². The van der Waals surface area contributed by atoms with E-state index in [-0.39, 0.29) is 10.8 Å². The number of rotatable bonds is 3. The third-order valence-electron chi connectivity index (χ3n) is 9.56. The molecule has 3 nitrogen and oxygen atoms in total. The number of carbonyl (C=O) groups is 2. The minimum absolute atomic E-state index is 0.229. The molecule has 0 bridgehead atoms. The van der Waals surface area contributed by atoms with E-state index < -0.39 is 0 Å². The Balaban J connectivity index is 1.58. The molecule has 27 heavy (non-hydrogen) atoms. The number of carbonyl (C=O) groups excluding carboxylic acids is 2. The van der Waals surface area contributed by atoms with Crippen LogP contribution in [0.4, 0.5) is 0 Å². The number of nitrogens with zero attached hydrogens (tertiary/aromatic N) is 1. The molecule has 0 aromatic rings. The van der Waals surface area contributed by atoms with Crippen LogP contribution in [0.15, 0.2) is 0 Å². The molecule has 1 aliphatic heterocycles. The maximum absolute atomic E-state index is 13.0. The lowest BCUT2D eigenvalue weighted by Crippen LogP contribution is -2.61. The topological polar surface area (TPSA) is 37.4 Å². The molecule has 1 saturated heterocycles.